The first-order valence-corrected chi connectivity index (χ1v) is 9.18. The Kier molecular flexibility index (Phi) is 4.78. The molecule has 2 aliphatic rings. The predicted molar refractivity (Wildman–Crippen MR) is 104 cm³/mol. The number of esters is 1. The first kappa shape index (κ1) is 19.3. The molecule has 1 aliphatic carbocycles. The molecule has 0 amide bonds. The minimum atomic E-state index is -0.970. The summed E-state index contributed by atoms with van der Waals surface area (Å²) in [5.41, 5.74) is 0.604. The number of rotatable bonds is 4. The average Bonchev–Trinajstić information content (AvgIpc) is 2.77. The molecule has 0 bridgehead atoms. The second-order valence-electron chi connectivity index (χ2n) is 6.70. The van der Waals surface area contributed by atoms with Crippen molar-refractivity contribution in [3.63, 3.8) is 0 Å². The van der Waals surface area contributed by atoms with Crippen LogP contribution in [0, 0.1) is 22.0 Å². The molecule has 1 aromatic carbocycles. The average molecular weight is 405 g/mol. The summed E-state index contributed by atoms with van der Waals surface area (Å²) in [6.45, 7) is 1.75. The first-order valence-electron chi connectivity index (χ1n) is 9.18. The smallest absolute Gasteiger partial charge is 0.356 e. The highest BCUT2D eigenvalue weighted by Crippen LogP contribution is 2.37. The van der Waals surface area contributed by atoms with E-state index in [-0.39, 0.29) is 40.7 Å². The molecule has 9 nitrogen and oxygen atoms in total. The van der Waals surface area contributed by atoms with E-state index in [4.69, 9.17) is 4.74 Å². The lowest BCUT2D eigenvalue weighted by atomic mass is 9.70. The van der Waals surface area contributed by atoms with Gasteiger partial charge in [-0.1, -0.05) is 0 Å². The number of allylic oxidation sites excluding steroid dienone is 1. The summed E-state index contributed by atoms with van der Waals surface area (Å²) in [6.07, 6.45) is 2.77. The number of carbonyl (C=O) groups is 3. The Hall–Kier alpha value is -4.01. The predicted octanol–water partition coefficient (Wildman–Crippen LogP) is 2.55. The zero-order chi connectivity index (χ0) is 21.4. The van der Waals surface area contributed by atoms with Crippen molar-refractivity contribution in [1.82, 2.24) is 4.98 Å². The molecule has 0 spiro atoms. The van der Waals surface area contributed by atoms with Crippen molar-refractivity contribution < 1.29 is 24.0 Å². The molecule has 150 valence electrons. The fourth-order valence-corrected chi connectivity index (χ4v) is 3.63. The summed E-state index contributed by atoms with van der Waals surface area (Å²) < 4.78 is 5.01. The SMILES string of the molecule is CCOC(=O)C1=CC2C(=O)c3ncccc3C(=O)C2C(c2ccc([N+](=O)[O-])cc2)=N1. The molecule has 2 heterocycles. The van der Waals surface area contributed by atoms with Crippen molar-refractivity contribution in [3.8, 4) is 0 Å². The van der Waals surface area contributed by atoms with E-state index in [1.54, 1.807) is 13.0 Å². The van der Waals surface area contributed by atoms with Crippen LogP contribution in [0.3, 0.4) is 0 Å². The molecule has 0 N–H and O–H groups in total. The highest BCUT2D eigenvalue weighted by atomic mass is 16.6. The Morgan fingerprint density at radius 2 is 1.90 bits per heavy atom. The van der Waals surface area contributed by atoms with E-state index >= 15 is 0 Å². The number of aliphatic imine (C=N–C) groups is 1. The molecular formula is C21H15N3O6. The minimum Gasteiger partial charge on any atom is -0.461 e. The van der Waals surface area contributed by atoms with E-state index in [0.29, 0.717) is 5.56 Å². The molecule has 1 aliphatic heterocycles. The number of aromatic nitrogens is 1. The largest absolute Gasteiger partial charge is 0.461 e. The first-order chi connectivity index (χ1) is 14.4. The van der Waals surface area contributed by atoms with Crippen LogP contribution < -0.4 is 0 Å². The van der Waals surface area contributed by atoms with Gasteiger partial charge >= 0.3 is 5.97 Å². The van der Waals surface area contributed by atoms with Crippen molar-refractivity contribution >= 4 is 28.9 Å². The summed E-state index contributed by atoms with van der Waals surface area (Å²) in [4.78, 5) is 57.4. The molecule has 0 radical (unpaired) electrons. The van der Waals surface area contributed by atoms with Crippen molar-refractivity contribution in [2.75, 3.05) is 6.61 Å². The quantitative estimate of drug-likeness (QED) is 0.434. The second-order valence-corrected chi connectivity index (χ2v) is 6.70. The Morgan fingerprint density at radius 3 is 2.57 bits per heavy atom. The maximum absolute atomic E-state index is 13.2. The second kappa shape index (κ2) is 7.43. The number of ether oxygens (including phenoxy) is 1. The maximum atomic E-state index is 13.2. The van der Waals surface area contributed by atoms with Gasteiger partial charge in [0.05, 0.1) is 29.1 Å². The number of Topliss-reactive ketones (excluding diaryl/α,β-unsaturated/α-hetero) is 2. The Labute approximate surface area is 170 Å². The van der Waals surface area contributed by atoms with Crippen LogP contribution in [0.2, 0.25) is 0 Å². The normalized spacial score (nSPS) is 19.9. The summed E-state index contributed by atoms with van der Waals surface area (Å²) in [5, 5.41) is 11.0. The molecule has 2 unspecified atom stereocenters. The molecule has 9 heteroatoms. The number of pyridine rings is 1. The lowest BCUT2D eigenvalue weighted by molar-refractivity contribution is -0.384. The van der Waals surface area contributed by atoms with Gasteiger partial charge in [0, 0.05) is 23.9 Å². The molecule has 0 fully saturated rings. The third-order valence-corrected chi connectivity index (χ3v) is 4.98. The van der Waals surface area contributed by atoms with Crippen molar-refractivity contribution in [3.05, 3.63) is 81.3 Å². The van der Waals surface area contributed by atoms with Crippen LogP contribution in [0.1, 0.15) is 33.3 Å². The topological polar surface area (TPSA) is 129 Å². The van der Waals surface area contributed by atoms with E-state index in [1.807, 2.05) is 0 Å². The Bertz CT molecular complexity index is 1150. The van der Waals surface area contributed by atoms with Crippen LogP contribution in [0.15, 0.2) is 59.4 Å². The monoisotopic (exact) mass is 405 g/mol. The number of non-ortho nitro benzene ring substituents is 1. The molecular weight excluding hydrogens is 390 g/mol. The van der Waals surface area contributed by atoms with Crippen LogP contribution in [0.25, 0.3) is 0 Å². The number of nitro benzene ring substituents is 1. The van der Waals surface area contributed by atoms with Gasteiger partial charge in [0.2, 0.25) is 0 Å². The summed E-state index contributed by atoms with van der Waals surface area (Å²) in [6, 6.07) is 8.53. The van der Waals surface area contributed by atoms with Crippen molar-refractivity contribution in [2.24, 2.45) is 16.8 Å². The van der Waals surface area contributed by atoms with Crippen LogP contribution in [0.4, 0.5) is 5.69 Å². The van der Waals surface area contributed by atoms with Gasteiger partial charge < -0.3 is 4.74 Å². The van der Waals surface area contributed by atoms with Gasteiger partial charge in [-0.25, -0.2) is 9.79 Å². The van der Waals surface area contributed by atoms with Gasteiger partial charge in [0.15, 0.2) is 11.6 Å². The van der Waals surface area contributed by atoms with E-state index in [9.17, 15) is 24.5 Å². The molecule has 0 saturated heterocycles. The van der Waals surface area contributed by atoms with E-state index in [1.165, 1.54) is 42.6 Å². The van der Waals surface area contributed by atoms with Crippen LogP contribution in [-0.2, 0) is 9.53 Å². The minimum absolute atomic E-state index is 0.0492. The number of ketones is 2. The summed E-state index contributed by atoms with van der Waals surface area (Å²) in [7, 11) is 0. The third-order valence-electron chi connectivity index (χ3n) is 4.98. The van der Waals surface area contributed by atoms with Gasteiger partial charge in [-0.2, -0.15) is 0 Å². The molecule has 2 aromatic rings. The van der Waals surface area contributed by atoms with Crippen molar-refractivity contribution in [2.45, 2.75) is 6.92 Å². The Balaban J connectivity index is 1.87. The lowest BCUT2D eigenvalue weighted by Crippen LogP contribution is -2.43. The standard InChI is InChI=1S/C21H15N3O6/c1-2-30-21(27)15-10-14-16(19(25)13-4-3-9-22-18(13)20(14)26)17(23-15)11-5-7-12(8-6-11)24(28)29/h3-10,14,16H,2H2,1H3. The molecule has 4 rings (SSSR count). The van der Waals surface area contributed by atoms with Crippen LogP contribution >= 0.6 is 0 Å². The van der Waals surface area contributed by atoms with Crippen LogP contribution in [0.5, 0.6) is 0 Å². The van der Waals surface area contributed by atoms with Gasteiger partial charge in [-0.15, -0.1) is 0 Å². The number of nitrogens with zero attached hydrogens (tertiary/aromatic N) is 3. The molecule has 30 heavy (non-hydrogen) atoms. The number of benzene rings is 1. The zero-order valence-electron chi connectivity index (χ0n) is 15.8. The zero-order valence-corrected chi connectivity index (χ0v) is 15.8. The third kappa shape index (κ3) is 3.10. The fourth-order valence-electron chi connectivity index (χ4n) is 3.63. The van der Waals surface area contributed by atoms with E-state index in [2.05, 4.69) is 9.98 Å². The number of fused-ring (bicyclic) bond motifs is 2. The highest BCUT2D eigenvalue weighted by Gasteiger charge is 2.46. The van der Waals surface area contributed by atoms with Gasteiger partial charge in [-0.3, -0.25) is 24.7 Å². The fraction of sp³-hybridized carbons (Fsp3) is 0.190. The number of hydrogen-bond donors (Lipinski definition) is 0. The molecule has 0 saturated carbocycles. The lowest BCUT2D eigenvalue weighted by Gasteiger charge is -2.32. The maximum Gasteiger partial charge on any atom is 0.356 e. The summed E-state index contributed by atoms with van der Waals surface area (Å²) in [5.74, 6) is -3.40. The highest BCUT2D eigenvalue weighted by molar-refractivity contribution is 6.27. The van der Waals surface area contributed by atoms with Gasteiger partial charge in [0.1, 0.15) is 11.4 Å². The number of hydrogen-bond acceptors (Lipinski definition) is 8. The van der Waals surface area contributed by atoms with Crippen LogP contribution in [-0.4, -0.2) is 39.8 Å². The number of nitro groups is 1. The molecule has 1 aromatic heterocycles. The van der Waals surface area contributed by atoms with Crippen molar-refractivity contribution in [1.29, 1.82) is 0 Å². The Morgan fingerprint density at radius 1 is 1.17 bits per heavy atom. The van der Waals surface area contributed by atoms with E-state index < -0.39 is 28.5 Å². The molecule has 2 atom stereocenters. The summed E-state index contributed by atoms with van der Waals surface area (Å²) >= 11 is 0. The van der Waals surface area contributed by atoms with Gasteiger partial charge in [-0.05, 0) is 42.8 Å². The van der Waals surface area contributed by atoms with Gasteiger partial charge in [0.25, 0.3) is 5.69 Å². The van der Waals surface area contributed by atoms with E-state index in [0.717, 1.165) is 0 Å². The number of carbonyl (C=O) groups excluding carboxylic acids is 3.